The van der Waals surface area contributed by atoms with Crippen LogP contribution in [-0.2, 0) is 5.67 Å². The lowest BCUT2D eigenvalue weighted by Gasteiger charge is -2.31. The Morgan fingerprint density at radius 1 is 1.04 bits per heavy atom. The third kappa shape index (κ3) is 7.13. The number of rotatable bonds is 9. The summed E-state index contributed by atoms with van der Waals surface area (Å²) in [6, 6.07) is 5.44. The van der Waals surface area contributed by atoms with E-state index in [1.54, 1.807) is 0 Å². The Morgan fingerprint density at radius 2 is 1.69 bits per heavy atom. The van der Waals surface area contributed by atoms with Gasteiger partial charge in [0.25, 0.3) is 11.8 Å². The molecule has 0 aliphatic heterocycles. The minimum absolute atomic E-state index is 0.00249. The fourth-order valence-corrected chi connectivity index (χ4v) is 4.92. The zero-order valence-electron chi connectivity index (χ0n) is 22.0. The van der Waals surface area contributed by atoms with Crippen LogP contribution in [0.1, 0.15) is 39.1 Å². The Balaban J connectivity index is 1.75. The third-order valence-electron chi connectivity index (χ3n) is 6.56. The first-order chi connectivity index (χ1) is 20.8. The van der Waals surface area contributed by atoms with Crippen LogP contribution >= 0.6 is 27.5 Å². The highest BCUT2D eigenvalue weighted by molar-refractivity contribution is 9.10. The van der Waals surface area contributed by atoms with Crippen molar-refractivity contribution in [1.82, 2.24) is 4.98 Å². The van der Waals surface area contributed by atoms with Crippen molar-refractivity contribution in [2.24, 2.45) is 5.92 Å². The number of amides is 2. The lowest BCUT2D eigenvalue weighted by molar-refractivity contribution is -0.348. The monoisotopic (exact) mass is 735 g/mol. The smallest absolute Gasteiger partial charge is 0.433 e. The van der Waals surface area contributed by atoms with Gasteiger partial charge in [0, 0.05) is 28.3 Å². The van der Waals surface area contributed by atoms with Crippen LogP contribution in [0.25, 0.3) is 0 Å². The molecule has 18 heteroatoms. The molecule has 1 heterocycles. The van der Waals surface area contributed by atoms with Gasteiger partial charge in [-0.15, -0.1) is 0 Å². The van der Waals surface area contributed by atoms with Crippen LogP contribution in [0.15, 0.2) is 53.1 Å². The summed E-state index contributed by atoms with van der Waals surface area (Å²) < 4.78 is 140. The van der Waals surface area contributed by atoms with Gasteiger partial charge in [0.15, 0.2) is 11.6 Å². The number of nitrogens with one attached hydrogen (secondary N) is 1. The minimum Gasteiger partial charge on any atom is -0.433 e. The summed E-state index contributed by atoms with van der Waals surface area (Å²) in [6.45, 7) is -3.83. The van der Waals surface area contributed by atoms with Crippen molar-refractivity contribution >= 4 is 50.7 Å². The Hall–Kier alpha value is -3.60. The van der Waals surface area contributed by atoms with Crippen molar-refractivity contribution in [2.75, 3.05) is 16.8 Å². The average molecular weight is 737 g/mol. The number of hydrogen-bond donors (Lipinski definition) is 1. The van der Waals surface area contributed by atoms with Crippen LogP contribution in [-0.4, -0.2) is 42.3 Å². The summed E-state index contributed by atoms with van der Waals surface area (Å²) in [7, 11) is 0. The van der Waals surface area contributed by atoms with Crippen molar-refractivity contribution in [3.8, 4) is 5.75 Å². The number of carbonyl (C=O) groups excluding carboxylic acids is 2. The second-order valence-electron chi connectivity index (χ2n) is 9.68. The number of hydrogen-bond acceptors (Lipinski definition) is 4. The maximum atomic E-state index is 15.8. The van der Waals surface area contributed by atoms with Crippen LogP contribution < -0.4 is 15.0 Å². The number of pyridine rings is 1. The predicted molar refractivity (Wildman–Crippen MR) is 144 cm³/mol. The van der Waals surface area contributed by atoms with E-state index in [9.17, 15) is 49.1 Å². The number of halogens is 12. The number of benzene rings is 2. The molecule has 0 saturated heterocycles. The van der Waals surface area contributed by atoms with Crippen molar-refractivity contribution in [3.63, 3.8) is 0 Å². The molecule has 6 nitrogen and oxygen atoms in total. The van der Waals surface area contributed by atoms with Crippen LogP contribution in [0.3, 0.4) is 0 Å². The molecule has 242 valence electrons. The third-order valence-corrected chi connectivity index (χ3v) is 7.39. The highest BCUT2D eigenvalue weighted by atomic mass is 79.9. The molecule has 3 aromatic rings. The standard InChI is InChI=1S/C27H17BrClF10N3O3/c28-16-9-14(25(33,26(34,35)36)27(37,38)39)10-18(45-24(31)32)21(16)41-22(43)15-2-1-3-17(20(15)30)42(11-12-4-5-12)23(44)13-6-7-40-19(29)8-13/h1-3,6-10,12,24H,4-5,11H2,(H,41,43). The molecule has 2 amide bonds. The first kappa shape index (κ1) is 34.3. The summed E-state index contributed by atoms with van der Waals surface area (Å²) in [4.78, 5) is 31.3. The lowest BCUT2D eigenvalue weighted by Crippen LogP contribution is -2.50. The molecule has 0 radical (unpaired) electrons. The van der Waals surface area contributed by atoms with Gasteiger partial charge >= 0.3 is 24.6 Å². The highest BCUT2D eigenvalue weighted by Gasteiger charge is 2.73. The van der Waals surface area contributed by atoms with Crippen molar-refractivity contribution in [2.45, 2.75) is 37.5 Å². The molecule has 2 aromatic carbocycles. The maximum absolute atomic E-state index is 15.8. The molecular formula is C27H17BrClF10N3O3. The molecular weight excluding hydrogens is 720 g/mol. The van der Waals surface area contributed by atoms with Gasteiger partial charge in [0.2, 0.25) is 0 Å². The summed E-state index contributed by atoms with van der Waals surface area (Å²) in [5.41, 5.74) is -10.4. The zero-order valence-corrected chi connectivity index (χ0v) is 24.4. The molecule has 0 unspecified atom stereocenters. The average Bonchev–Trinajstić information content (AvgIpc) is 3.75. The van der Waals surface area contributed by atoms with E-state index in [1.807, 2.05) is 5.32 Å². The number of carbonyl (C=O) groups is 2. The maximum Gasteiger partial charge on any atom is 0.435 e. The normalized spacial score (nSPS) is 14.0. The second kappa shape index (κ2) is 12.7. The highest BCUT2D eigenvalue weighted by Crippen LogP contribution is 2.55. The molecule has 0 atom stereocenters. The van der Waals surface area contributed by atoms with Gasteiger partial charge in [0.1, 0.15) is 5.15 Å². The fourth-order valence-electron chi connectivity index (χ4n) is 4.20. The molecule has 1 aliphatic rings. The predicted octanol–water partition coefficient (Wildman–Crippen LogP) is 8.84. The van der Waals surface area contributed by atoms with E-state index in [1.165, 1.54) is 30.5 Å². The largest absolute Gasteiger partial charge is 0.435 e. The van der Waals surface area contributed by atoms with Crippen molar-refractivity contribution in [1.29, 1.82) is 0 Å². The van der Waals surface area contributed by atoms with Crippen LogP contribution in [0.5, 0.6) is 5.75 Å². The summed E-state index contributed by atoms with van der Waals surface area (Å²) in [6.07, 6.45) is -10.5. The fraction of sp³-hybridized carbons (Fsp3) is 0.296. The van der Waals surface area contributed by atoms with Gasteiger partial charge in [-0.3, -0.25) is 9.59 Å². The van der Waals surface area contributed by atoms with E-state index in [4.69, 9.17) is 11.6 Å². The van der Waals surface area contributed by atoms with Crippen molar-refractivity contribution < 1.29 is 58.2 Å². The SMILES string of the molecule is O=C(Nc1c(Br)cc(C(F)(C(F)(F)F)C(F)(F)F)cc1OC(F)F)c1cccc(N(CC2CC2)C(=O)c2ccnc(Cl)c2)c1F. The Kier molecular flexibility index (Phi) is 9.64. The lowest BCUT2D eigenvalue weighted by atomic mass is 9.93. The van der Waals surface area contributed by atoms with E-state index in [-0.39, 0.29) is 41.0 Å². The van der Waals surface area contributed by atoms with Gasteiger partial charge < -0.3 is 15.0 Å². The first-order valence-corrected chi connectivity index (χ1v) is 13.7. The first-order valence-electron chi connectivity index (χ1n) is 12.5. The Labute approximate surface area is 260 Å². The van der Waals surface area contributed by atoms with Crippen LogP contribution in [0.2, 0.25) is 5.15 Å². The molecule has 1 fully saturated rings. The molecule has 1 aliphatic carbocycles. The van der Waals surface area contributed by atoms with E-state index in [0.717, 1.165) is 23.8 Å². The number of alkyl halides is 9. The van der Waals surface area contributed by atoms with E-state index < -0.39 is 69.3 Å². The molecule has 0 spiro atoms. The van der Waals surface area contributed by atoms with E-state index in [0.29, 0.717) is 0 Å². The molecule has 0 bridgehead atoms. The Morgan fingerprint density at radius 3 is 2.24 bits per heavy atom. The molecule has 4 rings (SSSR count). The number of aromatic nitrogens is 1. The minimum atomic E-state index is -6.59. The summed E-state index contributed by atoms with van der Waals surface area (Å²) >= 11 is 8.42. The van der Waals surface area contributed by atoms with Gasteiger partial charge in [-0.25, -0.2) is 13.8 Å². The summed E-state index contributed by atoms with van der Waals surface area (Å²) in [5, 5.41) is 1.85. The van der Waals surface area contributed by atoms with Crippen molar-refractivity contribution in [3.05, 3.63) is 80.8 Å². The molecule has 1 N–H and O–H groups in total. The van der Waals surface area contributed by atoms with Crippen LogP contribution in [0, 0.1) is 11.7 Å². The molecule has 1 saturated carbocycles. The number of anilines is 2. The summed E-state index contributed by atoms with van der Waals surface area (Å²) in [5.74, 6) is -4.94. The zero-order chi connectivity index (χ0) is 33.5. The van der Waals surface area contributed by atoms with Gasteiger partial charge in [-0.05, 0) is 71.1 Å². The molecule has 45 heavy (non-hydrogen) atoms. The quantitative estimate of drug-likeness (QED) is 0.176. The Bertz CT molecular complexity index is 1600. The topological polar surface area (TPSA) is 71.5 Å². The van der Waals surface area contributed by atoms with Gasteiger partial charge in [-0.1, -0.05) is 17.7 Å². The van der Waals surface area contributed by atoms with Crippen LogP contribution in [0.4, 0.5) is 55.3 Å². The number of nitrogens with zero attached hydrogens (tertiary/aromatic N) is 2. The van der Waals surface area contributed by atoms with E-state index >= 15 is 4.39 Å². The second-order valence-corrected chi connectivity index (χ2v) is 10.9. The van der Waals surface area contributed by atoms with E-state index in [2.05, 4.69) is 25.7 Å². The van der Waals surface area contributed by atoms with Gasteiger partial charge in [0.05, 0.1) is 16.9 Å². The number of ether oxygens (including phenoxy) is 1. The van der Waals surface area contributed by atoms with Gasteiger partial charge in [-0.2, -0.15) is 35.1 Å². The molecule has 1 aromatic heterocycles.